The minimum atomic E-state index is 0.519. The molecule has 52 valence electrons. The predicted molar refractivity (Wildman–Crippen MR) is 38.0 cm³/mol. The lowest BCUT2D eigenvalue weighted by molar-refractivity contribution is 0.328. The highest BCUT2D eigenvalue weighted by Gasteiger charge is 2.64. The van der Waals surface area contributed by atoms with E-state index in [1.165, 1.54) is 19.3 Å². The third-order valence-corrected chi connectivity index (χ3v) is 3.68. The van der Waals surface area contributed by atoms with Gasteiger partial charge in [0.25, 0.3) is 0 Å². The molecule has 1 nitrogen and oxygen atoms in total. The molecule has 1 heteroatoms. The highest BCUT2D eigenvalue weighted by molar-refractivity contribution is 5.17. The van der Waals surface area contributed by atoms with E-state index >= 15 is 0 Å². The first-order chi connectivity index (χ1) is 4.08. The fourth-order valence-corrected chi connectivity index (χ4v) is 1.85. The Morgan fingerprint density at radius 1 is 1.33 bits per heavy atom. The van der Waals surface area contributed by atoms with E-state index in [0.717, 1.165) is 0 Å². The summed E-state index contributed by atoms with van der Waals surface area (Å²) in [5.41, 5.74) is 7.01. The van der Waals surface area contributed by atoms with Crippen LogP contribution < -0.4 is 5.73 Å². The number of hydrogen-bond donors (Lipinski definition) is 1. The molecular weight excluding hydrogens is 110 g/mol. The van der Waals surface area contributed by atoms with Gasteiger partial charge >= 0.3 is 0 Å². The van der Waals surface area contributed by atoms with E-state index in [4.69, 9.17) is 5.73 Å². The smallest absolute Gasteiger partial charge is 0.0105 e. The van der Waals surface area contributed by atoms with Crippen molar-refractivity contribution < 1.29 is 0 Å². The van der Waals surface area contributed by atoms with Crippen molar-refractivity contribution in [1.29, 1.82) is 0 Å². The molecule has 9 heavy (non-hydrogen) atoms. The summed E-state index contributed by atoms with van der Waals surface area (Å²) in [7, 11) is 0. The summed E-state index contributed by atoms with van der Waals surface area (Å²) >= 11 is 0. The lowest BCUT2D eigenvalue weighted by Crippen LogP contribution is -2.19. The highest BCUT2D eigenvalue weighted by atomic mass is 14.9. The maximum Gasteiger partial charge on any atom is 0.0105 e. The lowest BCUT2D eigenvalue weighted by Gasteiger charge is -2.17. The normalized spacial score (nSPS) is 53.0. The molecule has 2 saturated carbocycles. The van der Waals surface area contributed by atoms with Crippen molar-refractivity contribution in [2.75, 3.05) is 0 Å². The van der Waals surface area contributed by atoms with Gasteiger partial charge in [-0.05, 0) is 30.1 Å². The topological polar surface area (TPSA) is 26.0 Å². The van der Waals surface area contributed by atoms with Crippen molar-refractivity contribution in [2.24, 2.45) is 16.6 Å². The van der Waals surface area contributed by atoms with Crippen LogP contribution in [0.15, 0.2) is 0 Å². The molecule has 0 aromatic rings. The monoisotopic (exact) mass is 125 g/mol. The third kappa shape index (κ3) is 0.536. The van der Waals surface area contributed by atoms with E-state index in [1.807, 2.05) is 0 Å². The zero-order chi connectivity index (χ0) is 6.70. The molecule has 2 N–H and O–H groups in total. The van der Waals surface area contributed by atoms with Gasteiger partial charge in [-0.1, -0.05) is 13.8 Å². The fraction of sp³-hybridized carbons (Fsp3) is 1.00. The van der Waals surface area contributed by atoms with Crippen molar-refractivity contribution in [3.63, 3.8) is 0 Å². The molecule has 0 radical (unpaired) electrons. The van der Waals surface area contributed by atoms with Gasteiger partial charge in [0.2, 0.25) is 0 Å². The van der Waals surface area contributed by atoms with E-state index in [0.29, 0.717) is 16.9 Å². The van der Waals surface area contributed by atoms with Crippen LogP contribution in [0.4, 0.5) is 0 Å². The first-order valence-electron chi connectivity index (χ1n) is 3.84. The fourth-order valence-electron chi connectivity index (χ4n) is 1.85. The van der Waals surface area contributed by atoms with E-state index in [9.17, 15) is 0 Å². The molecule has 0 aromatic heterocycles. The van der Waals surface area contributed by atoms with Crippen LogP contribution in [-0.2, 0) is 0 Å². The molecule has 2 aliphatic rings. The Bertz CT molecular complexity index is 149. The van der Waals surface area contributed by atoms with Crippen molar-refractivity contribution >= 4 is 0 Å². The molecule has 0 bridgehead atoms. The molecule has 2 fully saturated rings. The van der Waals surface area contributed by atoms with Crippen molar-refractivity contribution in [3.05, 3.63) is 0 Å². The van der Waals surface area contributed by atoms with Gasteiger partial charge in [-0.15, -0.1) is 0 Å². The van der Waals surface area contributed by atoms with Gasteiger partial charge in [-0.3, -0.25) is 0 Å². The summed E-state index contributed by atoms with van der Waals surface area (Å²) in [6.45, 7) is 4.71. The largest absolute Gasteiger partial charge is 0.327 e. The van der Waals surface area contributed by atoms with E-state index < -0.39 is 0 Å². The standard InChI is InChI=1S/C8H15N/c1-7(3-4-7)8(2)5-6(8)9/h6H,3-5,9H2,1-2H3. The Balaban J connectivity index is 2.14. The van der Waals surface area contributed by atoms with E-state index in [2.05, 4.69) is 13.8 Å². The Morgan fingerprint density at radius 3 is 1.89 bits per heavy atom. The summed E-state index contributed by atoms with van der Waals surface area (Å²) in [6, 6.07) is 0.519. The van der Waals surface area contributed by atoms with Crippen LogP contribution in [0.3, 0.4) is 0 Å². The molecule has 0 aromatic carbocycles. The lowest BCUT2D eigenvalue weighted by atomic mass is 9.89. The maximum atomic E-state index is 5.83. The van der Waals surface area contributed by atoms with Gasteiger partial charge in [0, 0.05) is 6.04 Å². The molecule has 0 saturated heterocycles. The molecule has 0 heterocycles. The third-order valence-electron chi connectivity index (χ3n) is 3.68. The minimum absolute atomic E-state index is 0.519. The van der Waals surface area contributed by atoms with Gasteiger partial charge in [0.05, 0.1) is 0 Å². The number of rotatable bonds is 1. The Hall–Kier alpha value is -0.0400. The first kappa shape index (κ1) is 5.72. The Labute approximate surface area is 56.6 Å². The second kappa shape index (κ2) is 1.20. The van der Waals surface area contributed by atoms with Crippen LogP contribution in [0.5, 0.6) is 0 Å². The summed E-state index contributed by atoms with van der Waals surface area (Å²) in [4.78, 5) is 0. The zero-order valence-corrected chi connectivity index (χ0v) is 6.28. The molecule has 0 aliphatic heterocycles. The van der Waals surface area contributed by atoms with Gasteiger partial charge in [0.1, 0.15) is 0 Å². The highest BCUT2D eigenvalue weighted by Crippen LogP contribution is 2.68. The molecule has 2 aliphatic carbocycles. The Morgan fingerprint density at radius 2 is 1.78 bits per heavy atom. The second-order valence-corrected chi connectivity index (χ2v) is 4.29. The summed E-state index contributed by atoms with van der Waals surface area (Å²) in [6.07, 6.45) is 4.10. The zero-order valence-electron chi connectivity index (χ0n) is 6.28. The Kier molecular flexibility index (Phi) is 0.760. The minimum Gasteiger partial charge on any atom is -0.327 e. The summed E-state index contributed by atoms with van der Waals surface area (Å²) < 4.78 is 0. The van der Waals surface area contributed by atoms with Crippen LogP contribution in [0.25, 0.3) is 0 Å². The van der Waals surface area contributed by atoms with Crippen LogP contribution in [-0.4, -0.2) is 6.04 Å². The van der Waals surface area contributed by atoms with Gasteiger partial charge in [0.15, 0.2) is 0 Å². The quantitative estimate of drug-likeness (QED) is 0.565. The average Bonchev–Trinajstić information content (AvgIpc) is 2.57. The molecule has 0 amide bonds. The number of hydrogen-bond acceptors (Lipinski definition) is 1. The van der Waals surface area contributed by atoms with Crippen LogP contribution >= 0.6 is 0 Å². The molecular formula is C8H15N. The number of nitrogens with two attached hydrogens (primary N) is 1. The van der Waals surface area contributed by atoms with E-state index in [-0.39, 0.29) is 0 Å². The van der Waals surface area contributed by atoms with Crippen molar-refractivity contribution in [2.45, 2.75) is 39.2 Å². The van der Waals surface area contributed by atoms with Gasteiger partial charge in [-0.25, -0.2) is 0 Å². The van der Waals surface area contributed by atoms with Gasteiger partial charge < -0.3 is 5.73 Å². The van der Waals surface area contributed by atoms with Crippen molar-refractivity contribution in [3.8, 4) is 0 Å². The predicted octanol–water partition coefficient (Wildman–Crippen LogP) is 1.52. The van der Waals surface area contributed by atoms with Crippen molar-refractivity contribution in [1.82, 2.24) is 0 Å². The molecule has 0 spiro atoms. The van der Waals surface area contributed by atoms with Crippen LogP contribution in [0.2, 0.25) is 0 Å². The maximum absolute atomic E-state index is 5.83. The molecule has 2 atom stereocenters. The SMILES string of the molecule is CC1(C2(C)CC2N)CC1. The van der Waals surface area contributed by atoms with Gasteiger partial charge in [-0.2, -0.15) is 0 Å². The molecule has 2 rings (SSSR count). The summed E-state index contributed by atoms with van der Waals surface area (Å²) in [5.74, 6) is 0. The van der Waals surface area contributed by atoms with Crippen LogP contribution in [0.1, 0.15) is 33.1 Å². The average molecular weight is 125 g/mol. The summed E-state index contributed by atoms with van der Waals surface area (Å²) in [5, 5.41) is 0. The van der Waals surface area contributed by atoms with E-state index in [1.54, 1.807) is 0 Å². The second-order valence-electron chi connectivity index (χ2n) is 4.29. The van der Waals surface area contributed by atoms with Crippen LogP contribution in [0, 0.1) is 10.8 Å². The first-order valence-corrected chi connectivity index (χ1v) is 3.84. The molecule has 2 unspecified atom stereocenters.